The van der Waals surface area contributed by atoms with Crippen molar-refractivity contribution in [3.05, 3.63) is 12.2 Å². The summed E-state index contributed by atoms with van der Waals surface area (Å²) in [7, 11) is 0. The minimum atomic E-state index is -0.555. The minimum Gasteiger partial charge on any atom is -0.390 e. The van der Waals surface area contributed by atoms with Crippen LogP contribution in [-0.4, -0.2) is 29.7 Å². The first-order valence-corrected chi connectivity index (χ1v) is 4.55. The van der Waals surface area contributed by atoms with Crippen molar-refractivity contribution < 1.29 is 14.6 Å². The fraction of sp³-hybridized carbons (Fsp3) is 0.800. The molecule has 1 saturated heterocycles. The maximum atomic E-state index is 9.69. The number of aliphatic hydroxyl groups is 1. The highest BCUT2D eigenvalue weighted by Crippen LogP contribution is 2.25. The molecule has 1 rings (SSSR count). The normalized spacial score (nSPS) is 28.8. The van der Waals surface area contributed by atoms with Crippen molar-refractivity contribution >= 4 is 0 Å². The van der Waals surface area contributed by atoms with Crippen LogP contribution in [0, 0.1) is 0 Å². The van der Waals surface area contributed by atoms with Gasteiger partial charge in [-0.05, 0) is 27.2 Å². The van der Waals surface area contributed by atoms with Crippen LogP contribution in [0.4, 0.5) is 0 Å². The molecular formula is C10H18O3. The van der Waals surface area contributed by atoms with E-state index in [1.54, 1.807) is 0 Å². The lowest BCUT2D eigenvalue weighted by Gasteiger charge is -2.20. The zero-order valence-electron chi connectivity index (χ0n) is 8.54. The fourth-order valence-electron chi connectivity index (χ4n) is 1.39. The van der Waals surface area contributed by atoms with E-state index in [0.717, 1.165) is 5.57 Å². The third-order valence-corrected chi connectivity index (χ3v) is 2.02. The molecule has 1 heterocycles. The maximum absolute atomic E-state index is 9.69. The molecule has 0 bridgehead atoms. The van der Waals surface area contributed by atoms with Gasteiger partial charge in [-0.3, -0.25) is 0 Å². The summed E-state index contributed by atoms with van der Waals surface area (Å²) in [5, 5.41) is 9.69. The first kappa shape index (κ1) is 10.7. The van der Waals surface area contributed by atoms with Crippen molar-refractivity contribution in [2.75, 3.05) is 6.61 Å². The summed E-state index contributed by atoms with van der Waals surface area (Å²) < 4.78 is 10.8. The van der Waals surface area contributed by atoms with Crippen LogP contribution < -0.4 is 0 Å². The van der Waals surface area contributed by atoms with Crippen molar-refractivity contribution in [3.8, 4) is 0 Å². The van der Waals surface area contributed by atoms with E-state index in [4.69, 9.17) is 9.47 Å². The summed E-state index contributed by atoms with van der Waals surface area (Å²) in [6.07, 6.45) is -0.143. The topological polar surface area (TPSA) is 38.7 Å². The molecule has 0 radical (unpaired) electrons. The van der Waals surface area contributed by atoms with Gasteiger partial charge in [0.05, 0.1) is 12.7 Å². The van der Waals surface area contributed by atoms with E-state index in [1.165, 1.54) is 0 Å². The summed E-state index contributed by atoms with van der Waals surface area (Å²) in [6.45, 7) is 9.79. The molecule has 76 valence electrons. The SMILES string of the molecule is C=C(C)C[C@H](O)C1COC(C)(C)O1. The molecule has 3 heteroatoms. The lowest BCUT2D eigenvalue weighted by Crippen LogP contribution is -2.30. The Morgan fingerprint density at radius 2 is 2.31 bits per heavy atom. The largest absolute Gasteiger partial charge is 0.390 e. The molecule has 1 N–H and O–H groups in total. The van der Waals surface area contributed by atoms with Gasteiger partial charge in [0.2, 0.25) is 0 Å². The number of ether oxygens (including phenoxy) is 2. The predicted octanol–water partition coefficient (Wildman–Crippen LogP) is 1.46. The van der Waals surface area contributed by atoms with Gasteiger partial charge in [-0.15, -0.1) is 6.58 Å². The van der Waals surface area contributed by atoms with E-state index in [9.17, 15) is 5.11 Å². The fourth-order valence-corrected chi connectivity index (χ4v) is 1.39. The first-order chi connectivity index (χ1) is 5.91. The Hall–Kier alpha value is -0.380. The molecule has 0 amide bonds. The summed E-state index contributed by atoms with van der Waals surface area (Å²) in [5.74, 6) is -0.555. The van der Waals surface area contributed by atoms with Crippen molar-refractivity contribution in [1.82, 2.24) is 0 Å². The molecule has 13 heavy (non-hydrogen) atoms. The van der Waals surface area contributed by atoms with Crippen LogP contribution >= 0.6 is 0 Å². The second-order valence-corrected chi connectivity index (χ2v) is 4.10. The van der Waals surface area contributed by atoms with Crippen LogP contribution in [0.5, 0.6) is 0 Å². The van der Waals surface area contributed by atoms with E-state index in [0.29, 0.717) is 13.0 Å². The second-order valence-electron chi connectivity index (χ2n) is 4.10. The van der Waals surface area contributed by atoms with Crippen molar-refractivity contribution in [2.45, 2.75) is 45.2 Å². The second kappa shape index (κ2) is 3.78. The van der Waals surface area contributed by atoms with E-state index >= 15 is 0 Å². The molecule has 0 saturated carbocycles. The Labute approximate surface area is 79.3 Å². The lowest BCUT2D eigenvalue weighted by molar-refractivity contribution is -0.150. The number of hydrogen-bond acceptors (Lipinski definition) is 3. The Balaban J connectivity index is 2.42. The van der Waals surface area contributed by atoms with Crippen LogP contribution in [0.25, 0.3) is 0 Å². The van der Waals surface area contributed by atoms with E-state index in [-0.39, 0.29) is 6.10 Å². The number of hydrogen-bond donors (Lipinski definition) is 1. The van der Waals surface area contributed by atoms with Gasteiger partial charge < -0.3 is 14.6 Å². The van der Waals surface area contributed by atoms with Gasteiger partial charge in [0.1, 0.15) is 6.10 Å². The summed E-state index contributed by atoms with van der Waals surface area (Å²) in [6, 6.07) is 0. The molecule has 3 nitrogen and oxygen atoms in total. The van der Waals surface area contributed by atoms with Crippen LogP contribution in [0.15, 0.2) is 12.2 Å². The van der Waals surface area contributed by atoms with Gasteiger partial charge in [0.15, 0.2) is 5.79 Å². The van der Waals surface area contributed by atoms with Crippen molar-refractivity contribution in [3.63, 3.8) is 0 Å². The quantitative estimate of drug-likeness (QED) is 0.678. The molecule has 0 aliphatic carbocycles. The highest BCUT2D eigenvalue weighted by Gasteiger charge is 2.36. The van der Waals surface area contributed by atoms with Gasteiger partial charge in [-0.25, -0.2) is 0 Å². The van der Waals surface area contributed by atoms with Crippen molar-refractivity contribution in [2.24, 2.45) is 0 Å². The predicted molar refractivity (Wildman–Crippen MR) is 50.3 cm³/mol. The average Bonchev–Trinajstić information content (AvgIpc) is 2.28. The molecule has 0 aromatic carbocycles. The summed E-state index contributed by atoms with van der Waals surface area (Å²) in [5.41, 5.74) is 0.959. The number of aliphatic hydroxyl groups excluding tert-OH is 1. The highest BCUT2D eigenvalue weighted by molar-refractivity contribution is 4.93. The molecule has 1 unspecified atom stereocenters. The standard InChI is InChI=1S/C10H18O3/c1-7(2)5-8(11)9-6-12-10(3,4)13-9/h8-9,11H,1,5-6H2,2-4H3/t8-,9?/m0/s1. The molecular weight excluding hydrogens is 168 g/mol. The molecule has 0 spiro atoms. The molecule has 2 atom stereocenters. The smallest absolute Gasteiger partial charge is 0.163 e. The maximum Gasteiger partial charge on any atom is 0.163 e. The summed E-state index contributed by atoms with van der Waals surface area (Å²) in [4.78, 5) is 0. The van der Waals surface area contributed by atoms with Crippen LogP contribution in [0.2, 0.25) is 0 Å². The lowest BCUT2D eigenvalue weighted by atomic mass is 10.1. The number of rotatable bonds is 3. The van der Waals surface area contributed by atoms with Crippen LogP contribution in [-0.2, 0) is 9.47 Å². The van der Waals surface area contributed by atoms with Gasteiger partial charge in [0, 0.05) is 0 Å². The molecule has 1 aliphatic heterocycles. The van der Waals surface area contributed by atoms with E-state index in [1.807, 2.05) is 20.8 Å². The Morgan fingerprint density at radius 1 is 1.69 bits per heavy atom. The summed E-state index contributed by atoms with van der Waals surface area (Å²) >= 11 is 0. The Bertz CT molecular complexity index is 198. The van der Waals surface area contributed by atoms with Crippen LogP contribution in [0.1, 0.15) is 27.2 Å². The van der Waals surface area contributed by atoms with Crippen LogP contribution in [0.3, 0.4) is 0 Å². The van der Waals surface area contributed by atoms with Gasteiger partial charge in [0.25, 0.3) is 0 Å². The third-order valence-electron chi connectivity index (χ3n) is 2.02. The molecule has 1 aliphatic rings. The monoisotopic (exact) mass is 186 g/mol. The average molecular weight is 186 g/mol. The zero-order chi connectivity index (χ0) is 10.1. The van der Waals surface area contributed by atoms with E-state index in [2.05, 4.69) is 6.58 Å². The minimum absolute atomic E-state index is 0.216. The third kappa shape index (κ3) is 3.10. The first-order valence-electron chi connectivity index (χ1n) is 4.55. The van der Waals surface area contributed by atoms with Crippen molar-refractivity contribution in [1.29, 1.82) is 0 Å². The molecule has 1 fully saturated rings. The van der Waals surface area contributed by atoms with E-state index < -0.39 is 11.9 Å². The highest BCUT2D eigenvalue weighted by atomic mass is 16.7. The molecule has 0 aromatic heterocycles. The van der Waals surface area contributed by atoms with Gasteiger partial charge in [-0.1, -0.05) is 5.57 Å². The Morgan fingerprint density at radius 3 is 2.69 bits per heavy atom. The molecule has 0 aromatic rings. The van der Waals surface area contributed by atoms with Gasteiger partial charge in [-0.2, -0.15) is 0 Å². The Kier molecular flexibility index (Phi) is 3.11. The zero-order valence-corrected chi connectivity index (χ0v) is 8.54. The van der Waals surface area contributed by atoms with Gasteiger partial charge >= 0.3 is 0 Å².